The van der Waals surface area contributed by atoms with Crippen molar-refractivity contribution in [2.24, 2.45) is 0 Å². The van der Waals surface area contributed by atoms with Crippen LogP contribution in [0.4, 0.5) is 0 Å². The van der Waals surface area contributed by atoms with Gasteiger partial charge in [0.25, 0.3) is 0 Å². The fraction of sp³-hybridized carbons (Fsp3) is 0.836. The lowest BCUT2D eigenvalue weighted by Gasteiger charge is -2.40. The summed E-state index contributed by atoms with van der Waals surface area (Å²) < 4.78 is 28.4. The largest absolute Gasteiger partial charge is 0.479 e. The van der Waals surface area contributed by atoms with Gasteiger partial charge in [-0.3, -0.25) is 14.4 Å². The number of aliphatic hydroxyl groups is 2. The standard InChI is InChI=1S/C61H108O12/c1-4-7-10-13-16-19-22-24-25-26-27-28-29-31-34-37-40-43-46-49-55(64)72-59-57(66)56(65)58(60(67)68)73-61(59)70-51-52(71-54(63)48-45-42-39-36-32-21-18-15-12-9-6-3)50-69-53(62)47-44-41-38-35-33-30-23-20-17-14-11-8-5-2/h16,19-20,23-25,52,56-59,61,65-66H,4-15,17-18,21-22,26-51H2,1-3H3,(H,67,68)/b19-16-,23-20-,25-24-. The van der Waals surface area contributed by atoms with E-state index in [0.29, 0.717) is 19.3 Å². The molecule has 0 aliphatic carbocycles. The van der Waals surface area contributed by atoms with Gasteiger partial charge in [-0.25, -0.2) is 4.79 Å². The smallest absolute Gasteiger partial charge is 0.335 e. The van der Waals surface area contributed by atoms with Crippen LogP contribution < -0.4 is 0 Å². The van der Waals surface area contributed by atoms with Crippen molar-refractivity contribution < 1.29 is 58.2 Å². The molecule has 12 heteroatoms. The lowest BCUT2D eigenvalue weighted by atomic mass is 9.98. The minimum absolute atomic E-state index is 0.0579. The van der Waals surface area contributed by atoms with Crippen molar-refractivity contribution in [2.45, 2.75) is 314 Å². The molecule has 0 aromatic heterocycles. The number of aliphatic hydroxyl groups excluding tert-OH is 2. The molecule has 12 nitrogen and oxygen atoms in total. The summed E-state index contributed by atoms with van der Waals surface area (Å²) >= 11 is 0. The molecule has 1 saturated heterocycles. The number of hydrogen-bond donors (Lipinski definition) is 3. The molecule has 1 aliphatic rings. The summed E-state index contributed by atoms with van der Waals surface area (Å²) in [5.74, 6) is -3.11. The highest BCUT2D eigenvalue weighted by molar-refractivity contribution is 5.74. The Kier molecular flexibility index (Phi) is 46.4. The minimum Gasteiger partial charge on any atom is -0.479 e. The number of allylic oxidation sites excluding steroid dienone is 6. The van der Waals surface area contributed by atoms with Crippen molar-refractivity contribution >= 4 is 23.9 Å². The zero-order valence-electron chi connectivity index (χ0n) is 46.6. The summed E-state index contributed by atoms with van der Waals surface area (Å²) in [4.78, 5) is 51.0. The number of carbonyl (C=O) groups excluding carboxylic acids is 3. The normalized spacial score (nSPS) is 18.5. The van der Waals surface area contributed by atoms with Gasteiger partial charge in [0, 0.05) is 19.3 Å². The lowest BCUT2D eigenvalue weighted by molar-refractivity contribution is -0.301. The first kappa shape index (κ1) is 68.0. The third-order valence-electron chi connectivity index (χ3n) is 13.7. The predicted octanol–water partition coefficient (Wildman–Crippen LogP) is 15.2. The summed E-state index contributed by atoms with van der Waals surface area (Å²) in [5, 5.41) is 31.5. The molecule has 1 fully saturated rings. The molecule has 0 amide bonds. The molecule has 0 aromatic rings. The number of hydrogen-bond acceptors (Lipinski definition) is 11. The summed E-state index contributed by atoms with van der Waals surface area (Å²) in [7, 11) is 0. The number of esters is 3. The number of carbonyl (C=O) groups is 4. The van der Waals surface area contributed by atoms with Gasteiger partial charge in [0.15, 0.2) is 24.6 Å². The SMILES string of the molecule is CCCCC/C=C\C/C=C\CCCCCCCCCCCC(=O)OC1C(OCC(COC(=O)CCCCCCC/C=C\CCCCCC)OC(=O)CCCCCCCCCCCCC)OC(C(=O)O)C(O)C1O. The van der Waals surface area contributed by atoms with Crippen molar-refractivity contribution in [3.8, 4) is 0 Å². The van der Waals surface area contributed by atoms with Crippen LogP contribution in [0.25, 0.3) is 0 Å². The second-order valence-corrected chi connectivity index (χ2v) is 20.6. The second kappa shape index (κ2) is 49.8. The van der Waals surface area contributed by atoms with Crippen molar-refractivity contribution in [2.75, 3.05) is 13.2 Å². The van der Waals surface area contributed by atoms with Crippen LogP contribution in [0, 0.1) is 0 Å². The molecule has 73 heavy (non-hydrogen) atoms. The molecular formula is C61H108O12. The van der Waals surface area contributed by atoms with Crippen LogP contribution >= 0.6 is 0 Å². The van der Waals surface area contributed by atoms with E-state index in [1.807, 2.05) is 0 Å². The van der Waals surface area contributed by atoms with Gasteiger partial charge >= 0.3 is 23.9 Å². The number of ether oxygens (including phenoxy) is 5. The Bertz CT molecular complexity index is 1410. The fourth-order valence-electron chi connectivity index (χ4n) is 9.04. The average Bonchev–Trinajstić information content (AvgIpc) is 3.37. The Morgan fingerprint density at radius 2 is 0.822 bits per heavy atom. The minimum atomic E-state index is -1.90. The summed E-state index contributed by atoms with van der Waals surface area (Å²) in [6, 6.07) is 0. The van der Waals surface area contributed by atoms with Gasteiger partial charge in [0.05, 0.1) is 6.61 Å². The maximum atomic E-state index is 13.1. The molecular weight excluding hydrogens is 925 g/mol. The lowest BCUT2D eigenvalue weighted by Crippen LogP contribution is -2.61. The van der Waals surface area contributed by atoms with Crippen LogP contribution in [-0.4, -0.2) is 89.2 Å². The van der Waals surface area contributed by atoms with Crippen molar-refractivity contribution in [1.29, 1.82) is 0 Å². The van der Waals surface area contributed by atoms with Crippen LogP contribution in [0.3, 0.4) is 0 Å². The van der Waals surface area contributed by atoms with E-state index in [4.69, 9.17) is 23.7 Å². The zero-order valence-corrected chi connectivity index (χ0v) is 46.6. The molecule has 1 heterocycles. The van der Waals surface area contributed by atoms with Gasteiger partial charge in [-0.2, -0.15) is 0 Å². The van der Waals surface area contributed by atoms with E-state index in [9.17, 15) is 34.5 Å². The van der Waals surface area contributed by atoms with E-state index in [0.717, 1.165) is 96.3 Å². The molecule has 3 N–H and O–H groups in total. The highest BCUT2D eigenvalue weighted by atomic mass is 16.7. The molecule has 0 aromatic carbocycles. The number of unbranched alkanes of at least 4 members (excludes halogenated alkanes) is 31. The quantitative estimate of drug-likeness (QED) is 0.0228. The van der Waals surface area contributed by atoms with Gasteiger partial charge in [-0.1, -0.05) is 218 Å². The molecule has 1 aliphatic heterocycles. The van der Waals surface area contributed by atoms with Gasteiger partial charge in [0.2, 0.25) is 0 Å². The first-order chi connectivity index (χ1) is 35.6. The fourth-order valence-corrected chi connectivity index (χ4v) is 9.04. The molecule has 0 saturated carbocycles. The molecule has 6 atom stereocenters. The Labute approximate surface area is 444 Å². The third-order valence-corrected chi connectivity index (χ3v) is 13.7. The van der Waals surface area contributed by atoms with E-state index in [1.165, 1.54) is 122 Å². The van der Waals surface area contributed by atoms with E-state index in [-0.39, 0.29) is 25.9 Å². The van der Waals surface area contributed by atoms with Crippen molar-refractivity contribution in [3.63, 3.8) is 0 Å². The zero-order chi connectivity index (χ0) is 53.3. The molecule has 0 radical (unpaired) electrons. The van der Waals surface area contributed by atoms with Crippen LogP contribution in [0.5, 0.6) is 0 Å². The van der Waals surface area contributed by atoms with E-state index < -0.39 is 67.3 Å². The number of carboxylic acid groups (broad SMARTS) is 1. The maximum Gasteiger partial charge on any atom is 0.335 e. The number of aliphatic carboxylic acids is 1. The first-order valence-corrected chi connectivity index (χ1v) is 30.0. The molecule has 6 unspecified atom stereocenters. The monoisotopic (exact) mass is 1030 g/mol. The highest BCUT2D eigenvalue weighted by Gasteiger charge is 2.50. The van der Waals surface area contributed by atoms with E-state index in [2.05, 4.69) is 57.2 Å². The maximum absolute atomic E-state index is 13.1. The van der Waals surface area contributed by atoms with Crippen LogP contribution in [-0.2, 0) is 42.9 Å². The summed E-state index contributed by atoms with van der Waals surface area (Å²) in [5.41, 5.74) is 0. The van der Waals surface area contributed by atoms with E-state index in [1.54, 1.807) is 0 Å². The third kappa shape index (κ3) is 39.9. The molecule has 0 bridgehead atoms. The van der Waals surface area contributed by atoms with Crippen molar-refractivity contribution in [1.82, 2.24) is 0 Å². The highest BCUT2D eigenvalue weighted by Crippen LogP contribution is 2.26. The molecule has 1 rings (SSSR count). The second-order valence-electron chi connectivity index (χ2n) is 20.6. The van der Waals surface area contributed by atoms with Gasteiger partial charge in [-0.05, 0) is 77.0 Å². The Morgan fingerprint density at radius 3 is 1.29 bits per heavy atom. The number of carboxylic acids is 1. The van der Waals surface area contributed by atoms with Crippen LogP contribution in [0.1, 0.15) is 278 Å². The Hall–Kier alpha value is -3.06. The molecule has 424 valence electrons. The Balaban J connectivity index is 2.65. The Morgan fingerprint density at radius 1 is 0.452 bits per heavy atom. The summed E-state index contributed by atoms with van der Waals surface area (Å²) in [6.45, 7) is 5.95. The van der Waals surface area contributed by atoms with Gasteiger partial charge < -0.3 is 39.0 Å². The predicted molar refractivity (Wildman–Crippen MR) is 294 cm³/mol. The van der Waals surface area contributed by atoms with Crippen LogP contribution in [0.2, 0.25) is 0 Å². The molecule has 0 spiro atoms. The van der Waals surface area contributed by atoms with E-state index >= 15 is 0 Å². The van der Waals surface area contributed by atoms with Crippen LogP contribution in [0.15, 0.2) is 36.5 Å². The van der Waals surface area contributed by atoms with Crippen molar-refractivity contribution in [3.05, 3.63) is 36.5 Å². The first-order valence-electron chi connectivity index (χ1n) is 30.0. The van der Waals surface area contributed by atoms with Gasteiger partial charge in [0.1, 0.15) is 18.8 Å². The number of rotatable bonds is 51. The van der Waals surface area contributed by atoms with Gasteiger partial charge in [-0.15, -0.1) is 0 Å². The summed E-state index contributed by atoms with van der Waals surface area (Å²) in [6.07, 6.45) is 45.4. The topological polar surface area (TPSA) is 175 Å². The average molecular weight is 1030 g/mol.